The predicted molar refractivity (Wildman–Crippen MR) is 67.7 cm³/mol. The molecule has 0 aromatic carbocycles. The predicted octanol–water partition coefficient (Wildman–Crippen LogP) is 1.73. The van der Waals surface area contributed by atoms with Gasteiger partial charge in [-0.3, -0.25) is 9.89 Å². The second kappa shape index (κ2) is 4.87. The van der Waals surface area contributed by atoms with Crippen molar-refractivity contribution in [3.63, 3.8) is 0 Å². The summed E-state index contributed by atoms with van der Waals surface area (Å²) >= 11 is 0. The number of piperidine rings is 1. The number of likely N-dealkylation sites (tertiary alicyclic amines) is 1. The van der Waals surface area contributed by atoms with Crippen LogP contribution in [0.1, 0.15) is 40.6 Å². The fraction of sp³-hybridized carbons (Fsp3) is 0.462. The quantitative estimate of drug-likeness (QED) is 0.892. The number of carbonyl (C=O) groups is 1. The fourth-order valence-electron chi connectivity index (χ4n) is 2.64. The van der Waals surface area contributed by atoms with Crippen molar-refractivity contribution in [2.24, 2.45) is 0 Å². The summed E-state index contributed by atoms with van der Waals surface area (Å²) in [5.41, 5.74) is 2.29. The number of nitrogens with zero attached hydrogens (tertiary/aromatic N) is 3. The number of carbonyl (C=O) groups excluding carboxylic acids is 1. The Morgan fingerprint density at radius 2 is 2.42 bits per heavy atom. The first kappa shape index (κ1) is 12.0. The van der Waals surface area contributed by atoms with Crippen molar-refractivity contribution >= 4 is 5.91 Å². The van der Waals surface area contributed by atoms with Gasteiger partial charge in [0.15, 0.2) is 6.39 Å². The topological polar surface area (TPSA) is 75.0 Å². The van der Waals surface area contributed by atoms with Crippen molar-refractivity contribution in [1.29, 1.82) is 0 Å². The second-order valence-corrected chi connectivity index (χ2v) is 4.92. The van der Waals surface area contributed by atoms with Gasteiger partial charge in [-0.05, 0) is 25.3 Å². The highest BCUT2D eigenvalue weighted by Gasteiger charge is 2.28. The maximum Gasteiger partial charge on any atom is 0.291 e. The Balaban J connectivity index is 1.75. The summed E-state index contributed by atoms with van der Waals surface area (Å²) in [6.07, 6.45) is 6.64. The molecule has 0 bridgehead atoms. The molecule has 6 heteroatoms. The summed E-state index contributed by atoms with van der Waals surface area (Å²) in [6, 6.07) is 0. The number of hydrogen-bond donors (Lipinski definition) is 1. The van der Waals surface area contributed by atoms with Gasteiger partial charge in [0, 0.05) is 24.7 Å². The summed E-state index contributed by atoms with van der Waals surface area (Å²) in [5.74, 6) is 0.546. The maximum absolute atomic E-state index is 12.2. The first-order valence-electron chi connectivity index (χ1n) is 6.43. The average molecular weight is 260 g/mol. The Hall–Kier alpha value is -2.11. The number of hydrogen-bond acceptors (Lipinski definition) is 4. The molecule has 1 saturated heterocycles. The molecule has 0 aliphatic carbocycles. The van der Waals surface area contributed by atoms with E-state index in [0.717, 1.165) is 30.6 Å². The highest BCUT2D eigenvalue weighted by Crippen LogP contribution is 2.28. The maximum atomic E-state index is 12.2. The minimum atomic E-state index is -0.0839. The van der Waals surface area contributed by atoms with Crippen LogP contribution in [0.4, 0.5) is 0 Å². The van der Waals surface area contributed by atoms with Crippen LogP contribution in [-0.4, -0.2) is 39.1 Å². The number of aryl methyl sites for hydroxylation is 1. The number of rotatable bonds is 2. The lowest BCUT2D eigenvalue weighted by Gasteiger charge is -2.31. The van der Waals surface area contributed by atoms with Gasteiger partial charge in [0.2, 0.25) is 5.76 Å². The van der Waals surface area contributed by atoms with Crippen molar-refractivity contribution in [3.05, 3.63) is 35.8 Å². The third kappa shape index (κ3) is 2.25. The number of H-pyrrole nitrogens is 1. The van der Waals surface area contributed by atoms with E-state index < -0.39 is 0 Å². The summed E-state index contributed by atoms with van der Waals surface area (Å²) in [5, 5.41) is 7.11. The van der Waals surface area contributed by atoms with Gasteiger partial charge in [-0.15, -0.1) is 0 Å². The van der Waals surface area contributed by atoms with Gasteiger partial charge < -0.3 is 9.32 Å². The Morgan fingerprint density at radius 3 is 3.11 bits per heavy atom. The molecule has 6 nitrogen and oxygen atoms in total. The van der Waals surface area contributed by atoms with E-state index in [4.69, 9.17) is 4.42 Å². The molecule has 0 saturated carbocycles. The minimum absolute atomic E-state index is 0.0839. The molecule has 19 heavy (non-hydrogen) atoms. The van der Waals surface area contributed by atoms with E-state index in [9.17, 15) is 4.79 Å². The fourth-order valence-corrected chi connectivity index (χ4v) is 2.64. The largest absolute Gasteiger partial charge is 0.438 e. The first-order valence-corrected chi connectivity index (χ1v) is 6.43. The molecule has 0 spiro atoms. The van der Waals surface area contributed by atoms with Gasteiger partial charge in [-0.2, -0.15) is 5.10 Å². The Morgan fingerprint density at radius 1 is 1.53 bits per heavy atom. The van der Waals surface area contributed by atoms with Crippen LogP contribution in [-0.2, 0) is 0 Å². The van der Waals surface area contributed by atoms with Gasteiger partial charge in [0.25, 0.3) is 5.91 Å². The lowest BCUT2D eigenvalue weighted by Crippen LogP contribution is -2.39. The molecule has 1 aliphatic heterocycles. The number of aromatic amines is 1. The molecular weight excluding hydrogens is 244 g/mol. The lowest BCUT2D eigenvalue weighted by atomic mass is 9.93. The lowest BCUT2D eigenvalue weighted by molar-refractivity contribution is 0.0673. The van der Waals surface area contributed by atoms with Gasteiger partial charge in [-0.1, -0.05) is 0 Å². The van der Waals surface area contributed by atoms with E-state index in [2.05, 4.69) is 15.2 Å². The molecule has 1 atom stereocenters. The van der Waals surface area contributed by atoms with Crippen molar-refractivity contribution in [2.45, 2.75) is 25.7 Å². The van der Waals surface area contributed by atoms with E-state index in [1.807, 2.05) is 18.0 Å². The van der Waals surface area contributed by atoms with E-state index in [1.165, 1.54) is 12.6 Å². The number of aromatic nitrogens is 3. The van der Waals surface area contributed by atoms with E-state index in [-0.39, 0.29) is 5.91 Å². The van der Waals surface area contributed by atoms with Gasteiger partial charge in [0.1, 0.15) is 0 Å². The van der Waals surface area contributed by atoms with Crippen molar-refractivity contribution < 1.29 is 9.21 Å². The summed E-state index contributed by atoms with van der Waals surface area (Å²) in [4.78, 5) is 17.8. The van der Waals surface area contributed by atoms with Crippen LogP contribution in [0.25, 0.3) is 0 Å². The number of nitrogens with one attached hydrogen (secondary N) is 1. The zero-order chi connectivity index (χ0) is 13.2. The van der Waals surface area contributed by atoms with Crippen LogP contribution in [0.5, 0.6) is 0 Å². The zero-order valence-electron chi connectivity index (χ0n) is 10.8. The molecule has 3 rings (SSSR count). The third-order valence-electron chi connectivity index (χ3n) is 3.63. The van der Waals surface area contributed by atoms with Gasteiger partial charge in [-0.25, -0.2) is 4.98 Å². The summed E-state index contributed by atoms with van der Waals surface area (Å²) in [6.45, 7) is 3.50. The first-order chi connectivity index (χ1) is 9.25. The van der Waals surface area contributed by atoms with Crippen LogP contribution in [0.2, 0.25) is 0 Å². The molecule has 0 radical (unpaired) electrons. The molecule has 0 unspecified atom stereocenters. The van der Waals surface area contributed by atoms with Gasteiger partial charge in [0.05, 0.1) is 12.4 Å². The van der Waals surface area contributed by atoms with E-state index >= 15 is 0 Å². The molecular formula is C13H16N4O2. The standard InChI is InChI=1S/C13H16N4O2/c1-9-5-15-16-12(9)10-3-2-4-17(7-10)13(18)11-6-14-8-19-11/h5-6,8,10H,2-4,7H2,1H3,(H,15,16)/t10-/m0/s1. The van der Waals surface area contributed by atoms with Crippen LogP contribution in [0.3, 0.4) is 0 Å². The Kier molecular flexibility index (Phi) is 3.06. The summed E-state index contributed by atoms with van der Waals surface area (Å²) < 4.78 is 5.08. The summed E-state index contributed by atoms with van der Waals surface area (Å²) in [7, 11) is 0. The van der Waals surface area contributed by atoms with E-state index in [1.54, 1.807) is 0 Å². The third-order valence-corrected chi connectivity index (χ3v) is 3.63. The smallest absolute Gasteiger partial charge is 0.291 e. The van der Waals surface area contributed by atoms with Crippen molar-refractivity contribution in [2.75, 3.05) is 13.1 Å². The molecule has 1 aliphatic rings. The monoisotopic (exact) mass is 260 g/mol. The average Bonchev–Trinajstić information content (AvgIpc) is 3.09. The molecule has 1 N–H and O–H groups in total. The Bertz CT molecular complexity index is 561. The molecule has 3 heterocycles. The van der Waals surface area contributed by atoms with Crippen LogP contribution in [0, 0.1) is 6.92 Å². The SMILES string of the molecule is Cc1cn[nH]c1[C@H]1CCCN(C(=O)c2cnco2)C1. The second-order valence-electron chi connectivity index (χ2n) is 4.92. The molecule has 1 fully saturated rings. The molecule has 100 valence electrons. The Labute approximate surface area is 110 Å². The highest BCUT2D eigenvalue weighted by atomic mass is 16.3. The van der Waals surface area contributed by atoms with Crippen LogP contribution >= 0.6 is 0 Å². The van der Waals surface area contributed by atoms with Crippen molar-refractivity contribution in [1.82, 2.24) is 20.1 Å². The molecule has 2 aromatic rings. The van der Waals surface area contributed by atoms with Crippen LogP contribution in [0.15, 0.2) is 23.2 Å². The highest BCUT2D eigenvalue weighted by molar-refractivity contribution is 5.91. The number of oxazole rings is 1. The minimum Gasteiger partial charge on any atom is -0.438 e. The van der Waals surface area contributed by atoms with Gasteiger partial charge >= 0.3 is 0 Å². The normalized spacial score (nSPS) is 19.6. The number of amides is 1. The molecule has 2 aromatic heterocycles. The van der Waals surface area contributed by atoms with Crippen molar-refractivity contribution in [3.8, 4) is 0 Å². The zero-order valence-corrected chi connectivity index (χ0v) is 10.8. The van der Waals surface area contributed by atoms with E-state index in [0.29, 0.717) is 18.2 Å². The van der Waals surface area contributed by atoms with Crippen LogP contribution < -0.4 is 0 Å². The molecule has 1 amide bonds.